The normalized spacial score (nSPS) is 18.0. The molecule has 21 heavy (non-hydrogen) atoms. The molecule has 1 heterocycles. The molecule has 5 heteroatoms. The van der Waals surface area contributed by atoms with Crippen molar-refractivity contribution in [3.8, 4) is 0 Å². The van der Waals surface area contributed by atoms with E-state index >= 15 is 0 Å². The van der Waals surface area contributed by atoms with Crippen LogP contribution in [0.25, 0.3) is 0 Å². The van der Waals surface area contributed by atoms with Gasteiger partial charge in [-0.05, 0) is 30.7 Å². The van der Waals surface area contributed by atoms with Crippen LogP contribution >= 0.6 is 11.6 Å². The summed E-state index contributed by atoms with van der Waals surface area (Å²) in [6.45, 7) is 2.38. The van der Waals surface area contributed by atoms with Gasteiger partial charge in [-0.1, -0.05) is 35.9 Å². The summed E-state index contributed by atoms with van der Waals surface area (Å²) in [5.74, 6) is 0.0459. The second kappa shape index (κ2) is 5.37. The van der Waals surface area contributed by atoms with Crippen molar-refractivity contribution in [1.82, 2.24) is 0 Å². The Morgan fingerprint density at radius 2 is 2.00 bits per heavy atom. The Kier molecular flexibility index (Phi) is 3.55. The third-order valence-corrected chi connectivity index (χ3v) is 4.02. The summed E-state index contributed by atoms with van der Waals surface area (Å²) in [7, 11) is 0. The molecule has 108 valence electrons. The molecule has 3 rings (SSSR count). The topological polar surface area (TPSA) is 41.6 Å². The maximum atomic E-state index is 14.2. The number of hydrogen-bond donors (Lipinski definition) is 1. The van der Waals surface area contributed by atoms with Gasteiger partial charge in [0.25, 0.3) is 0 Å². The summed E-state index contributed by atoms with van der Waals surface area (Å²) in [4.78, 5) is 6.12. The van der Waals surface area contributed by atoms with Crippen molar-refractivity contribution >= 4 is 23.2 Å². The molecular weight excluding hydrogens is 289 g/mol. The second-order valence-corrected chi connectivity index (χ2v) is 5.41. The lowest BCUT2D eigenvalue weighted by Crippen LogP contribution is -2.37. The minimum Gasteiger partial charge on any atom is -0.369 e. The van der Waals surface area contributed by atoms with Gasteiger partial charge in [0.1, 0.15) is 5.82 Å². The minimum absolute atomic E-state index is 0.320. The first-order chi connectivity index (χ1) is 10.1. The van der Waals surface area contributed by atoms with Gasteiger partial charge >= 0.3 is 0 Å². The van der Waals surface area contributed by atoms with E-state index in [1.165, 1.54) is 6.07 Å². The maximum Gasteiger partial charge on any atom is 0.196 e. The van der Waals surface area contributed by atoms with Crippen LogP contribution in [0.4, 0.5) is 10.1 Å². The molecule has 0 aliphatic carbocycles. The molecular formula is C16H15ClFN3. The van der Waals surface area contributed by atoms with Crippen LogP contribution in [-0.2, 0) is 0 Å². The maximum absolute atomic E-state index is 14.2. The van der Waals surface area contributed by atoms with E-state index in [0.717, 1.165) is 11.3 Å². The molecule has 0 saturated carbocycles. The molecule has 0 spiro atoms. The Hall–Kier alpha value is -2.07. The first-order valence-electron chi connectivity index (χ1n) is 6.68. The Morgan fingerprint density at radius 3 is 2.71 bits per heavy atom. The van der Waals surface area contributed by atoms with Crippen molar-refractivity contribution < 1.29 is 4.39 Å². The van der Waals surface area contributed by atoms with Gasteiger partial charge in [-0.2, -0.15) is 0 Å². The summed E-state index contributed by atoms with van der Waals surface area (Å²) in [6, 6.07) is 12.2. The first-order valence-corrected chi connectivity index (χ1v) is 7.06. The zero-order valence-electron chi connectivity index (χ0n) is 11.6. The van der Waals surface area contributed by atoms with Gasteiger partial charge in [-0.25, -0.2) is 4.39 Å². The Morgan fingerprint density at radius 1 is 1.24 bits per heavy atom. The van der Waals surface area contributed by atoms with Crippen LogP contribution in [0, 0.1) is 12.7 Å². The number of aryl methyl sites for hydroxylation is 1. The van der Waals surface area contributed by atoms with Gasteiger partial charge < -0.3 is 10.6 Å². The van der Waals surface area contributed by atoms with E-state index in [0.29, 0.717) is 23.1 Å². The van der Waals surface area contributed by atoms with Crippen LogP contribution < -0.4 is 10.6 Å². The molecule has 0 aromatic heterocycles. The molecule has 0 fully saturated rings. The van der Waals surface area contributed by atoms with Crippen LogP contribution in [0.3, 0.4) is 0 Å². The van der Waals surface area contributed by atoms with Gasteiger partial charge in [0.15, 0.2) is 5.96 Å². The third-order valence-electron chi connectivity index (χ3n) is 3.69. The van der Waals surface area contributed by atoms with E-state index in [1.54, 1.807) is 12.1 Å². The number of para-hydroxylation sites is 1. The predicted molar refractivity (Wildman–Crippen MR) is 84.3 cm³/mol. The summed E-state index contributed by atoms with van der Waals surface area (Å²) >= 11 is 6.19. The summed E-state index contributed by atoms with van der Waals surface area (Å²) in [5.41, 5.74) is 8.42. The van der Waals surface area contributed by atoms with Crippen LogP contribution in [0.15, 0.2) is 47.5 Å². The average Bonchev–Trinajstić information content (AvgIpc) is 2.81. The molecule has 1 aliphatic heterocycles. The largest absolute Gasteiger partial charge is 0.369 e. The highest BCUT2D eigenvalue weighted by molar-refractivity contribution is 6.31. The number of rotatable bonds is 2. The molecule has 1 atom stereocenters. The Labute approximate surface area is 127 Å². The fourth-order valence-electron chi connectivity index (χ4n) is 2.67. The monoisotopic (exact) mass is 303 g/mol. The van der Waals surface area contributed by atoms with Crippen LogP contribution in [0.5, 0.6) is 0 Å². The van der Waals surface area contributed by atoms with E-state index in [9.17, 15) is 4.39 Å². The smallest absolute Gasteiger partial charge is 0.196 e. The molecule has 0 saturated heterocycles. The number of guanidine groups is 1. The van der Waals surface area contributed by atoms with Crippen molar-refractivity contribution in [1.29, 1.82) is 0 Å². The van der Waals surface area contributed by atoms with Gasteiger partial charge in [-0.15, -0.1) is 0 Å². The summed E-state index contributed by atoms with van der Waals surface area (Å²) in [5, 5.41) is 0.392. The SMILES string of the molecule is Cc1ccccc1N1C(N)=NCC1c1c(F)cccc1Cl. The van der Waals surface area contributed by atoms with Gasteiger partial charge in [0, 0.05) is 16.3 Å². The quantitative estimate of drug-likeness (QED) is 0.920. The number of hydrogen-bond acceptors (Lipinski definition) is 3. The van der Waals surface area contributed by atoms with Gasteiger partial charge in [-0.3, -0.25) is 4.99 Å². The molecule has 2 aromatic carbocycles. The fourth-order valence-corrected chi connectivity index (χ4v) is 2.96. The fraction of sp³-hybridized carbons (Fsp3) is 0.188. The number of nitrogens with two attached hydrogens (primary N) is 1. The van der Waals surface area contributed by atoms with Crippen LogP contribution in [0.1, 0.15) is 17.2 Å². The highest BCUT2D eigenvalue weighted by Crippen LogP contribution is 2.37. The molecule has 0 amide bonds. The molecule has 3 nitrogen and oxygen atoms in total. The average molecular weight is 304 g/mol. The Bertz CT molecular complexity index is 694. The van der Waals surface area contributed by atoms with E-state index in [-0.39, 0.29) is 11.9 Å². The highest BCUT2D eigenvalue weighted by atomic mass is 35.5. The predicted octanol–water partition coefficient (Wildman–Crippen LogP) is 3.66. The summed E-state index contributed by atoms with van der Waals surface area (Å²) < 4.78 is 14.2. The Balaban J connectivity index is 2.10. The zero-order valence-corrected chi connectivity index (χ0v) is 12.3. The molecule has 1 aliphatic rings. The van der Waals surface area contributed by atoms with Crippen molar-refractivity contribution in [2.75, 3.05) is 11.4 Å². The number of aliphatic imine (C=N–C) groups is 1. The number of benzene rings is 2. The number of anilines is 1. The van der Waals surface area contributed by atoms with Crippen molar-refractivity contribution in [3.05, 3.63) is 64.4 Å². The molecule has 0 radical (unpaired) electrons. The van der Waals surface area contributed by atoms with Gasteiger partial charge in [0.2, 0.25) is 0 Å². The van der Waals surface area contributed by atoms with Gasteiger partial charge in [0.05, 0.1) is 12.6 Å². The summed E-state index contributed by atoms with van der Waals surface area (Å²) in [6.07, 6.45) is 0. The van der Waals surface area contributed by atoms with E-state index in [4.69, 9.17) is 17.3 Å². The van der Waals surface area contributed by atoms with Crippen molar-refractivity contribution in [2.24, 2.45) is 10.7 Å². The standard InChI is InChI=1S/C16H15ClFN3/c1-10-5-2-3-8-13(10)21-14(9-20-16(21)19)15-11(17)6-4-7-12(15)18/h2-8,14H,9H2,1H3,(H2,19,20). The minimum atomic E-state index is -0.337. The lowest BCUT2D eigenvalue weighted by Gasteiger charge is -2.28. The number of halogens is 2. The van der Waals surface area contributed by atoms with Crippen molar-refractivity contribution in [3.63, 3.8) is 0 Å². The van der Waals surface area contributed by atoms with E-state index < -0.39 is 0 Å². The molecule has 2 N–H and O–H groups in total. The second-order valence-electron chi connectivity index (χ2n) is 5.01. The van der Waals surface area contributed by atoms with E-state index in [1.807, 2.05) is 36.1 Å². The molecule has 0 bridgehead atoms. The molecule has 1 unspecified atom stereocenters. The molecule has 2 aromatic rings. The van der Waals surface area contributed by atoms with Crippen LogP contribution in [0.2, 0.25) is 5.02 Å². The highest BCUT2D eigenvalue weighted by Gasteiger charge is 2.32. The third kappa shape index (κ3) is 2.36. The number of nitrogens with zero attached hydrogens (tertiary/aromatic N) is 2. The zero-order chi connectivity index (χ0) is 15.0. The first kappa shape index (κ1) is 13.9. The van der Waals surface area contributed by atoms with E-state index in [2.05, 4.69) is 4.99 Å². The van der Waals surface area contributed by atoms with Crippen molar-refractivity contribution in [2.45, 2.75) is 13.0 Å². The van der Waals surface area contributed by atoms with Crippen LogP contribution in [-0.4, -0.2) is 12.5 Å². The lowest BCUT2D eigenvalue weighted by atomic mass is 10.0. The lowest BCUT2D eigenvalue weighted by molar-refractivity contribution is 0.589.